The van der Waals surface area contributed by atoms with Gasteiger partial charge in [-0.15, -0.1) is 0 Å². The van der Waals surface area contributed by atoms with E-state index < -0.39 is 5.91 Å². The predicted octanol–water partition coefficient (Wildman–Crippen LogP) is 2.13. The quantitative estimate of drug-likeness (QED) is 0.571. The summed E-state index contributed by atoms with van der Waals surface area (Å²) < 4.78 is 0. The molecule has 2 heteroatoms. The van der Waals surface area contributed by atoms with Crippen LogP contribution in [0.5, 0.6) is 0 Å². The first-order valence-corrected chi connectivity index (χ1v) is 4.39. The molecular weight excluding hydrogens is 174 g/mol. The van der Waals surface area contributed by atoms with E-state index >= 15 is 0 Å². The summed E-state index contributed by atoms with van der Waals surface area (Å²) in [7, 11) is 0. The first-order chi connectivity index (χ1) is 6.68. The van der Waals surface area contributed by atoms with Gasteiger partial charge in [0.2, 0.25) is 5.91 Å². The Morgan fingerprint density at radius 3 is 2.43 bits per heavy atom. The highest BCUT2D eigenvalue weighted by Crippen LogP contribution is 2.06. The molecule has 0 aliphatic rings. The van der Waals surface area contributed by atoms with Crippen molar-refractivity contribution in [2.45, 2.75) is 6.92 Å². The van der Waals surface area contributed by atoms with Crippen LogP contribution in [0.2, 0.25) is 0 Å². The second-order valence-electron chi connectivity index (χ2n) is 3.03. The number of rotatable bonds is 3. The SMILES string of the molecule is CC(=C/c1ccccc1)/C=C/C(N)=O. The number of nitrogens with two attached hydrogens (primary N) is 1. The van der Waals surface area contributed by atoms with E-state index in [1.54, 1.807) is 6.08 Å². The zero-order valence-corrected chi connectivity index (χ0v) is 8.10. The van der Waals surface area contributed by atoms with Gasteiger partial charge in [0, 0.05) is 6.08 Å². The van der Waals surface area contributed by atoms with E-state index in [9.17, 15) is 4.79 Å². The molecule has 0 aromatic heterocycles. The molecule has 1 aromatic rings. The summed E-state index contributed by atoms with van der Waals surface area (Å²) in [5.74, 6) is -0.425. The minimum Gasteiger partial charge on any atom is -0.366 e. The van der Waals surface area contributed by atoms with Gasteiger partial charge in [0.05, 0.1) is 0 Å². The van der Waals surface area contributed by atoms with E-state index in [2.05, 4.69) is 0 Å². The molecule has 2 nitrogen and oxygen atoms in total. The lowest BCUT2D eigenvalue weighted by Gasteiger charge is -1.93. The number of hydrogen-bond donors (Lipinski definition) is 1. The van der Waals surface area contributed by atoms with Gasteiger partial charge in [0.25, 0.3) is 0 Å². The molecule has 0 aliphatic carbocycles. The molecule has 1 aromatic carbocycles. The molecule has 0 saturated carbocycles. The smallest absolute Gasteiger partial charge is 0.241 e. The van der Waals surface area contributed by atoms with Crippen molar-refractivity contribution in [2.75, 3.05) is 0 Å². The third-order valence-electron chi connectivity index (χ3n) is 1.70. The zero-order valence-electron chi connectivity index (χ0n) is 8.10. The Morgan fingerprint density at radius 2 is 1.86 bits per heavy atom. The molecule has 1 rings (SSSR count). The van der Waals surface area contributed by atoms with Crippen molar-refractivity contribution >= 4 is 12.0 Å². The molecule has 14 heavy (non-hydrogen) atoms. The number of amides is 1. The average Bonchev–Trinajstić information content (AvgIpc) is 2.16. The second kappa shape index (κ2) is 5.02. The van der Waals surface area contributed by atoms with Crippen LogP contribution in [-0.4, -0.2) is 5.91 Å². The molecule has 0 heterocycles. The summed E-state index contributed by atoms with van der Waals surface area (Å²) in [5, 5.41) is 0. The zero-order chi connectivity index (χ0) is 10.4. The Kier molecular flexibility index (Phi) is 3.68. The topological polar surface area (TPSA) is 43.1 Å². The van der Waals surface area contributed by atoms with Crippen molar-refractivity contribution in [1.29, 1.82) is 0 Å². The van der Waals surface area contributed by atoms with Gasteiger partial charge in [-0.25, -0.2) is 0 Å². The standard InChI is InChI=1S/C12H13NO/c1-10(7-8-12(13)14)9-11-5-3-2-4-6-11/h2-9H,1H3,(H2,13,14)/b8-7+,10-9-. The third kappa shape index (κ3) is 3.72. The first-order valence-electron chi connectivity index (χ1n) is 4.39. The molecule has 72 valence electrons. The van der Waals surface area contributed by atoms with Crippen LogP contribution < -0.4 is 5.73 Å². The lowest BCUT2D eigenvalue weighted by molar-refractivity contribution is -0.113. The molecule has 2 N–H and O–H groups in total. The minimum atomic E-state index is -0.425. The van der Waals surface area contributed by atoms with Crippen molar-refractivity contribution in [3.05, 3.63) is 53.6 Å². The number of allylic oxidation sites excluding steroid dienone is 2. The highest BCUT2D eigenvalue weighted by Gasteiger charge is 1.87. The van der Waals surface area contributed by atoms with Crippen LogP contribution in [-0.2, 0) is 4.79 Å². The highest BCUT2D eigenvalue weighted by molar-refractivity contribution is 5.86. The monoisotopic (exact) mass is 187 g/mol. The summed E-state index contributed by atoms with van der Waals surface area (Å²) in [4.78, 5) is 10.5. The Hall–Kier alpha value is -1.83. The van der Waals surface area contributed by atoms with Crippen LogP contribution in [0.1, 0.15) is 12.5 Å². The lowest BCUT2D eigenvalue weighted by atomic mass is 10.1. The summed E-state index contributed by atoms with van der Waals surface area (Å²) in [6.45, 7) is 1.92. The van der Waals surface area contributed by atoms with Gasteiger partial charge in [0.1, 0.15) is 0 Å². The summed E-state index contributed by atoms with van der Waals surface area (Å²) in [6.07, 6.45) is 5.05. The minimum absolute atomic E-state index is 0.425. The third-order valence-corrected chi connectivity index (χ3v) is 1.70. The number of carbonyl (C=O) groups is 1. The van der Waals surface area contributed by atoms with E-state index in [0.29, 0.717) is 0 Å². The average molecular weight is 187 g/mol. The van der Waals surface area contributed by atoms with Crippen molar-refractivity contribution in [1.82, 2.24) is 0 Å². The Bertz CT molecular complexity index is 363. The van der Waals surface area contributed by atoms with Crippen molar-refractivity contribution in [2.24, 2.45) is 5.73 Å². The van der Waals surface area contributed by atoms with E-state index in [4.69, 9.17) is 5.73 Å². The highest BCUT2D eigenvalue weighted by atomic mass is 16.1. The lowest BCUT2D eigenvalue weighted by Crippen LogP contribution is -2.05. The van der Waals surface area contributed by atoms with Crippen LogP contribution in [0.4, 0.5) is 0 Å². The maximum absolute atomic E-state index is 10.5. The van der Waals surface area contributed by atoms with Crippen LogP contribution in [0.3, 0.4) is 0 Å². The second-order valence-corrected chi connectivity index (χ2v) is 3.03. The number of benzene rings is 1. The molecule has 0 fully saturated rings. The Morgan fingerprint density at radius 1 is 1.21 bits per heavy atom. The van der Waals surface area contributed by atoms with Gasteiger partial charge in [0.15, 0.2) is 0 Å². The van der Waals surface area contributed by atoms with E-state index in [1.165, 1.54) is 6.08 Å². The van der Waals surface area contributed by atoms with Crippen molar-refractivity contribution < 1.29 is 4.79 Å². The maximum Gasteiger partial charge on any atom is 0.241 e. The normalized spacial score (nSPS) is 11.9. The van der Waals surface area contributed by atoms with Gasteiger partial charge in [-0.3, -0.25) is 4.79 Å². The van der Waals surface area contributed by atoms with Gasteiger partial charge < -0.3 is 5.73 Å². The van der Waals surface area contributed by atoms with Gasteiger partial charge in [-0.1, -0.05) is 48.1 Å². The molecule has 0 atom stereocenters. The largest absolute Gasteiger partial charge is 0.366 e. The summed E-state index contributed by atoms with van der Waals surface area (Å²) in [5.41, 5.74) is 7.09. The van der Waals surface area contributed by atoms with Crippen LogP contribution in [0.15, 0.2) is 48.1 Å². The Balaban J connectivity index is 2.74. The fraction of sp³-hybridized carbons (Fsp3) is 0.0833. The molecule has 0 saturated heterocycles. The fourth-order valence-corrected chi connectivity index (χ4v) is 1.07. The number of primary amides is 1. The fourth-order valence-electron chi connectivity index (χ4n) is 1.07. The van der Waals surface area contributed by atoms with Crippen LogP contribution >= 0.6 is 0 Å². The molecule has 0 spiro atoms. The van der Waals surface area contributed by atoms with Crippen LogP contribution in [0, 0.1) is 0 Å². The number of carbonyl (C=O) groups excluding carboxylic acids is 1. The van der Waals surface area contributed by atoms with Crippen molar-refractivity contribution in [3.8, 4) is 0 Å². The maximum atomic E-state index is 10.5. The van der Waals surface area contributed by atoms with Gasteiger partial charge in [-0.05, 0) is 12.5 Å². The molecule has 0 aliphatic heterocycles. The predicted molar refractivity (Wildman–Crippen MR) is 58.4 cm³/mol. The van der Waals surface area contributed by atoms with Crippen molar-refractivity contribution in [3.63, 3.8) is 0 Å². The van der Waals surface area contributed by atoms with E-state index in [0.717, 1.165) is 11.1 Å². The molecular formula is C12H13NO. The summed E-state index contributed by atoms with van der Waals surface area (Å²) >= 11 is 0. The van der Waals surface area contributed by atoms with Gasteiger partial charge in [-0.2, -0.15) is 0 Å². The Labute approximate surface area is 83.7 Å². The molecule has 0 bridgehead atoms. The van der Waals surface area contributed by atoms with Gasteiger partial charge >= 0.3 is 0 Å². The number of hydrogen-bond acceptors (Lipinski definition) is 1. The molecule has 1 amide bonds. The molecule has 0 radical (unpaired) electrons. The van der Waals surface area contributed by atoms with Crippen LogP contribution in [0.25, 0.3) is 6.08 Å². The van der Waals surface area contributed by atoms with E-state index in [-0.39, 0.29) is 0 Å². The van der Waals surface area contributed by atoms with E-state index in [1.807, 2.05) is 43.3 Å². The molecule has 0 unspecified atom stereocenters. The summed E-state index contributed by atoms with van der Waals surface area (Å²) in [6, 6.07) is 9.91. The first kappa shape index (κ1) is 10.3.